The van der Waals surface area contributed by atoms with Crippen LogP contribution in [0.3, 0.4) is 0 Å². The Morgan fingerprint density at radius 3 is 2.30 bits per heavy atom. The lowest BCUT2D eigenvalue weighted by atomic mass is 9.86. The summed E-state index contributed by atoms with van der Waals surface area (Å²) in [6.45, 7) is 8.34. The SMILES string of the molecule is COc1cc(P2(=O)CCN(C)CC2)ccc1C(C)(C)C. The predicted molar refractivity (Wildman–Crippen MR) is 86.2 cm³/mol. The molecule has 20 heavy (non-hydrogen) atoms. The normalized spacial score (nSPS) is 19.9. The molecule has 0 radical (unpaired) electrons. The van der Waals surface area contributed by atoms with Crippen molar-refractivity contribution in [3.63, 3.8) is 0 Å². The largest absolute Gasteiger partial charge is 0.496 e. The van der Waals surface area contributed by atoms with Gasteiger partial charge in [0.1, 0.15) is 12.9 Å². The van der Waals surface area contributed by atoms with Crippen molar-refractivity contribution in [1.82, 2.24) is 4.90 Å². The van der Waals surface area contributed by atoms with Crippen LogP contribution in [-0.2, 0) is 9.98 Å². The van der Waals surface area contributed by atoms with E-state index in [9.17, 15) is 4.57 Å². The summed E-state index contributed by atoms with van der Waals surface area (Å²) in [5.74, 6) is 0.865. The van der Waals surface area contributed by atoms with Crippen molar-refractivity contribution < 1.29 is 9.30 Å². The fraction of sp³-hybridized carbons (Fsp3) is 0.625. The highest BCUT2D eigenvalue weighted by atomic mass is 31.2. The standard InChI is InChI=1S/C16H26NO2P/c1-16(2,3)14-7-6-13(12-15(14)19-5)20(18)10-8-17(4)9-11-20/h6-7,12H,8-11H2,1-5H3. The zero-order chi connectivity index (χ0) is 15.0. The number of ether oxygens (including phenoxy) is 1. The molecule has 1 aliphatic rings. The molecule has 0 aliphatic carbocycles. The number of methoxy groups -OCH3 is 1. The van der Waals surface area contributed by atoms with Crippen LogP contribution in [0.1, 0.15) is 26.3 Å². The Bertz CT molecular complexity index is 522. The first kappa shape index (κ1) is 15.6. The van der Waals surface area contributed by atoms with Crippen molar-refractivity contribution in [1.29, 1.82) is 0 Å². The van der Waals surface area contributed by atoms with Gasteiger partial charge in [-0.3, -0.25) is 0 Å². The van der Waals surface area contributed by atoms with E-state index in [2.05, 4.69) is 44.9 Å². The van der Waals surface area contributed by atoms with Crippen LogP contribution >= 0.6 is 7.14 Å². The van der Waals surface area contributed by atoms with Gasteiger partial charge in [0.15, 0.2) is 0 Å². The van der Waals surface area contributed by atoms with Crippen molar-refractivity contribution in [3.05, 3.63) is 23.8 Å². The Balaban J connectivity index is 2.37. The molecule has 0 atom stereocenters. The minimum absolute atomic E-state index is 0.0329. The molecule has 1 fully saturated rings. The average molecular weight is 295 g/mol. The first-order chi connectivity index (χ1) is 9.26. The Hall–Kier alpha value is -0.790. The summed E-state index contributed by atoms with van der Waals surface area (Å²) < 4.78 is 18.7. The van der Waals surface area contributed by atoms with Gasteiger partial charge in [-0.05, 0) is 24.1 Å². The fourth-order valence-electron chi connectivity index (χ4n) is 2.70. The van der Waals surface area contributed by atoms with Gasteiger partial charge in [-0.1, -0.05) is 32.9 Å². The van der Waals surface area contributed by atoms with Gasteiger partial charge in [-0.15, -0.1) is 0 Å². The lowest BCUT2D eigenvalue weighted by Crippen LogP contribution is -2.34. The highest BCUT2D eigenvalue weighted by Gasteiger charge is 2.30. The van der Waals surface area contributed by atoms with Crippen LogP contribution in [0.2, 0.25) is 0 Å². The molecule has 0 saturated carbocycles. The summed E-state index contributed by atoms with van der Waals surface area (Å²) >= 11 is 0. The van der Waals surface area contributed by atoms with E-state index in [0.717, 1.165) is 36.5 Å². The third kappa shape index (κ3) is 3.10. The lowest BCUT2D eigenvalue weighted by Gasteiger charge is -2.30. The molecule has 4 heteroatoms. The molecule has 3 nitrogen and oxygen atoms in total. The van der Waals surface area contributed by atoms with Gasteiger partial charge < -0.3 is 14.2 Å². The molecule has 0 aromatic heterocycles. The summed E-state index contributed by atoms with van der Waals surface area (Å²) in [6, 6.07) is 6.15. The van der Waals surface area contributed by atoms with Crippen LogP contribution in [0.5, 0.6) is 5.75 Å². The fourth-order valence-corrected chi connectivity index (χ4v) is 5.47. The maximum atomic E-state index is 13.1. The zero-order valence-electron chi connectivity index (χ0n) is 13.3. The second-order valence-corrected chi connectivity index (χ2v) is 9.96. The topological polar surface area (TPSA) is 29.5 Å². The number of nitrogens with zero attached hydrogens (tertiary/aromatic N) is 1. The maximum absolute atomic E-state index is 13.1. The molecule has 0 unspecified atom stereocenters. The summed E-state index contributed by atoms with van der Waals surface area (Å²) in [5.41, 5.74) is 1.20. The van der Waals surface area contributed by atoms with Gasteiger partial charge >= 0.3 is 0 Å². The highest BCUT2D eigenvalue weighted by molar-refractivity contribution is 7.71. The Morgan fingerprint density at radius 2 is 1.80 bits per heavy atom. The summed E-state index contributed by atoms with van der Waals surface area (Å²) in [6.07, 6.45) is 1.56. The second kappa shape index (κ2) is 5.54. The first-order valence-electron chi connectivity index (χ1n) is 7.22. The van der Waals surface area contributed by atoms with E-state index < -0.39 is 7.14 Å². The summed E-state index contributed by atoms with van der Waals surface area (Å²) in [7, 11) is 1.55. The van der Waals surface area contributed by atoms with Crippen LogP contribution in [-0.4, -0.2) is 44.5 Å². The minimum atomic E-state index is -2.24. The Labute approximate surface area is 122 Å². The molecule has 0 spiro atoms. The number of rotatable bonds is 2. The van der Waals surface area contributed by atoms with E-state index >= 15 is 0 Å². The third-order valence-corrected chi connectivity index (χ3v) is 7.21. The molecule has 2 rings (SSSR count). The van der Waals surface area contributed by atoms with Gasteiger partial charge in [-0.2, -0.15) is 0 Å². The molecule has 1 aliphatic heterocycles. The average Bonchev–Trinajstić information content (AvgIpc) is 2.40. The molecule has 0 bridgehead atoms. The van der Waals surface area contributed by atoms with Gasteiger partial charge in [-0.25, -0.2) is 0 Å². The minimum Gasteiger partial charge on any atom is -0.496 e. The molecule has 0 amide bonds. The summed E-state index contributed by atoms with van der Waals surface area (Å²) in [5, 5.41) is 0.982. The molecule has 1 saturated heterocycles. The van der Waals surface area contributed by atoms with Crippen LogP contribution in [0, 0.1) is 0 Å². The molecule has 1 aromatic carbocycles. The molecular formula is C16H26NO2P. The van der Waals surface area contributed by atoms with Gasteiger partial charge in [0, 0.05) is 30.7 Å². The number of hydrogen-bond acceptors (Lipinski definition) is 3. The van der Waals surface area contributed by atoms with E-state index in [0.29, 0.717) is 0 Å². The molecule has 0 N–H and O–H groups in total. The van der Waals surface area contributed by atoms with Gasteiger partial charge in [0.05, 0.1) is 7.11 Å². The zero-order valence-corrected chi connectivity index (χ0v) is 14.2. The lowest BCUT2D eigenvalue weighted by molar-refractivity contribution is 0.361. The van der Waals surface area contributed by atoms with Crippen molar-refractivity contribution in [2.45, 2.75) is 26.2 Å². The van der Waals surface area contributed by atoms with Crippen molar-refractivity contribution >= 4 is 12.4 Å². The molecule has 1 aromatic rings. The number of hydrogen-bond donors (Lipinski definition) is 0. The van der Waals surface area contributed by atoms with Crippen LogP contribution in [0.15, 0.2) is 18.2 Å². The van der Waals surface area contributed by atoms with E-state index in [-0.39, 0.29) is 5.41 Å². The monoisotopic (exact) mass is 295 g/mol. The molecular weight excluding hydrogens is 269 g/mol. The van der Waals surface area contributed by atoms with Gasteiger partial charge in [0.2, 0.25) is 0 Å². The number of benzene rings is 1. The molecule has 112 valence electrons. The second-order valence-electron chi connectivity index (χ2n) is 6.77. The summed E-state index contributed by atoms with van der Waals surface area (Å²) in [4.78, 5) is 2.25. The molecule has 1 heterocycles. The smallest absolute Gasteiger partial charge is 0.123 e. The predicted octanol–water partition coefficient (Wildman–Crippen LogP) is 2.93. The maximum Gasteiger partial charge on any atom is 0.123 e. The van der Waals surface area contributed by atoms with Crippen molar-refractivity contribution in [2.75, 3.05) is 39.6 Å². The highest BCUT2D eigenvalue weighted by Crippen LogP contribution is 2.47. The Kier molecular flexibility index (Phi) is 4.32. The van der Waals surface area contributed by atoms with E-state index in [1.165, 1.54) is 5.56 Å². The van der Waals surface area contributed by atoms with Crippen LogP contribution in [0.25, 0.3) is 0 Å². The van der Waals surface area contributed by atoms with E-state index in [4.69, 9.17) is 4.74 Å². The van der Waals surface area contributed by atoms with E-state index in [1.807, 2.05) is 6.07 Å². The van der Waals surface area contributed by atoms with Gasteiger partial charge in [0.25, 0.3) is 0 Å². The van der Waals surface area contributed by atoms with E-state index in [1.54, 1.807) is 7.11 Å². The quantitative estimate of drug-likeness (QED) is 0.786. The van der Waals surface area contributed by atoms with Crippen LogP contribution < -0.4 is 10.0 Å². The third-order valence-electron chi connectivity index (χ3n) is 4.15. The van der Waals surface area contributed by atoms with Crippen molar-refractivity contribution in [2.24, 2.45) is 0 Å². The first-order valence-corrected chi connectivity index (χ1v) is 9.30. The van der Waals surface area contributed by atoms with Crippen LogP contribution in [0.4, 0.5) is 0 Å². The van der Waals surface area contributed by atoms with Crippen molar-refractivity contribution in [3.8, 4) is 5.75 Å². The Morgan fingerprint density at radius 1 is 1.20 bits per heavy atom.